The summed E-state index contributed by atoms with van der Waals surface area (Å²) < 4.78 is 4.87. The number of allylic oxidation sites excluding steroid dienone is 4. The number of hydrogen-bond donors (Lipinski definition) is 0. The summed E-state index contributed by atoms with van der Waals surface area (Å²) in [6, 6.07) is 10.1. The lowest BCUT2D eigenvalue weighted by atomic mass is 9.84. The number of methoxy groups -OCH3 is 1. The number of esters is 1. The Bertz CT molecular complexity index is 726. The maximum absolute atomic E-state index is 12.1. The first-order chi connectivity index (χ1) is 14.6. The van der Waals surface area contributed by atoms with Gasteiger partial charge in [-0.3, -0.25) is 0 Å². The van der Waals surface area contributed by atoms with Crippen molar-refractivity contribution in [3.8, 4) is 0 Å². The Balaban J connectivity index is 0. The van der Waals surface area contributed by atoms with Crippen molar-refractivity contribution in [2.75, 3.05) is 14.2 Å². The fourth-order valence-corrected chi connectivity index (χ4v) is 2.63. The lowest BCUT2D eigenvalue weighted by molar-refractivity contribution is -0.132. The van der Waals surface area contributed by atoms with Crippen molar-refractivity contribution >= 4 is 17.8 Å². The summed E-state index contributed by atoms with van der Waals surface area (Å²) in [5.41, 5.74) is 5.82. The third-order valence-electron chi connectivity index (χ3n) is 4.14. The average molecular weight is 416 g/mol. The first-order valence-corrected chi connectivity index (χ1v) is 10.9. The zero-order valence-electron chi connectivity index (χ0n) is 20.6. The van der Waals surface area contributed by atoms with Crippen molar-refractivity contribution in [1.82, 2.24) is 0 Å². The molecule has 0 heterocycles. The first kappa shape index (κ1) is 29.6. The van der Waals surface area contributed by atoms with Crippen LogP contribution in [0, 0.1) is 0 Å². The molecule has 1 aliphatic rings. The summed E-state index contributed by atoms with van der Waals surface area (Å²) in [4.78, 5) is 17.0. The molecule has 1 aromatic carbocycles. The minimum Gasteiger partial charge on any atom is -0.464 e. The van der Waals surface area contributed by atoms with Crippen LogP contribution >= 0.6 is 0 Å². The molecule has 0 spiro atoms. The van der Waals surface area contributed by atoms with Gasteiger partial charge in [-0.2, -0.15) is 0 Å². The first-order valence-electron chi connectivity index (χ1n) is 10.9. The largest absolute Gasteiger partial charge is 0.464 e. The molecule has 0 saturated carbocycles. The number of oxime groups is 1. The highest BCUT2D eigenvalue weighted by Gasteiger charge is 2.25. The van der Waals surface area contributed by atoms with E-state index in [4.69, 9.17) is 9.57 Å². The third-order valence-corrected chi connectivity index (χ3v) is 4.14. The van der Waals surface area contributed by atoms with E-state index in [-0.39, 0.29) is 5.71 Å². The Kier molecular flexibility index (Phi) is 18.2. The third kappa shape index (κ3) is 9.73. The van der Waals surface area contributed by atoms with Crippen molar-refractivity contribution < 1.29 is 14.4 Å². The Hall–Kier alpha value is -2.62. The van der Waals surface area contributed by atoms with Gasteiger partial charge in [-0.05, 0) is 43.4 Å². The molecule has 30 heavy (non-hydrogen) atoms. The quantitative estimate of drug-likeness (QED) is 0.218. The van der Waals surface area contributed by atoms with Crippen molar-refractivity contribution in [3.05, 3.63) is 64.3 Å². The molecule has 0 radical (unpaired) electrons. The molecule has 0 N–H and O–H groups in total. The van der Waals surface area contributed by atoms with E-state index >= 15 is 0 Å². The van der Waals surface area contributed by atoms with Crippen molar-refractivity contribution in [2.24, 2.45) is 5.16 Å². The van der Waals surface area contributed by atoms with Crippen LogP contribution in [0.1, 0.15) is 73.8 Å². The van der Waals surface area contributed by atoms with Gasteiger partial charge in [-0.1, -0.05) is 100 Å². The van der Waals surface area contributed by atoms with Gasteiger partial charge in [0.05, 0.1) is 7.11 Å². The molecule has 0 aromatic heterocycles. The smallest absolute Gasteiger partial charge is 0.360 e. The Morgan fingerprint density at radius 2 is 1.40 bits per heavy atom. The second-order valence-electron chi connectivity index (χ2n) is 5.78. The molecule has 4 heteroatoms. The maximum atomic E-state index is 12.1. The van der Waals surface area contributed by atoms with Crippen LogP contribution in [-0.2, 0) is 14.4 Å². The molecule has 0 saturated heterocycles. The lowest BCUT2D eigenvalue weighted by Gasteiger charge is -2.21. The summed E-state index contributed by atoms with van der Waals surface area (Å²) in [5.74, 6) is -0.482. The van der Waals surface area contributed by atoms with Gasteiger partial charge in [0, 0.05) is 0 Å². The highest BCUT2D eigenvalue weighted by Crippen LogP contribution is 2.32. The minimum atomic E-state index is -0.482. The Morgan fingerprint density at radius 3 is 1.90 bits per heavy atom. The van der Waals surface area contributed by atoms with Gasteiger partial charge in [-0.25, -0.2) is 4.79 Å². The van der Waals surface area contributed by atoms with E-state index in [9.17, 15) is 4.79 Å². The van der Waals surface area contributed by atoms with Crippen LogP contribution in [0.3, 0.4) is 0 Å². The molecule has 0 fully saturated rings. The van der Waals surface area contributed by atoms with E-state index in [2.05, 4.69) is 25.1 Å². The van der Waals surface area contributed by atoms with Gasteiger partial charge in [0.2, 0.25) is 0 Å². The predicted octanol–water partition coefficient (Wildman–Crippen LogP) is 7.38. The molecule has 0 atom stereocenters. The fourth-order valence-electron chi connectivity index (χ4n) is 2.63. The van der Waals surface area contributed by atoms with Crippen LogP contribution in [-0.4, -0.2) is 25.9 Å². The standard InChI is InChI=1S/C20H23NO3.3C2H6/c1-14-12-17(11-10-16-8-6-5-7-9-16)18(13-15(14)2)19(21-24-4)20(22)23-3;3*1-2/h5-11H,12-13H2,1-4H3;3*1-2H3/b11-10-,21-19+;;;. The highest BCUT2D eigenvalue weighted by molar-refractivity contribution is 6.43. The van der Waals surface area contributed by atoms with Crippen LogP contribution in [0.15, 0.2) is 63.9 Å². The van der Waals surface area contributed by atoms with Crippen LogP contribution in [0.4, 0.5) is 0 Å². The number of carbonyl (C=O) groups is 1. The normalized spacial score (nSPS) is 13.3. The van der Waals surface area contributed by atoms with Crippen molar-refractivity contribution in [3.63, 3.8) is 0 Å². The van der Waals surface area contributed by atoms with Crippen molar-refractivity contribution in [2.45, 2.75) is 68.2 Å². The second-order valence-corrected chi connectivity index (χ2v) is 5.78. The monoisotopic (exact) mass is 415 g/mol. The topological polar surface area (TPSA) is 47.9 Å². The van der Waals surface area contributed by atoms with E-state index in [1.54, 1.807) is 0 Å². The van der Waals surface area contributed by atoms with Gasteiger partial charge >= 0.3 is 5.97 Å². The van der Waals surface area contributed by atoms with Crippen LogP contribution in [0.5, 0.6) is 0 Å². The van der Waals surface area contributed by atoms with Crippen molar-refractivity contribution in [1.29, 1.82) is 0 Å². The number of nitrogens with zero attached hydrogens (tertiary/aromatic N) is 1. The number of carbonyl (C=O) groups excluding carboxylic acids is 1. The summed E-state index contributed by atoms with van der Waals surface area (Å²) in [6.07, 6.45) is 5.54. The molecule has 4 nitrogen and oxygen atoms in total. The molecule has 1 aliphatic carbocycles. The predicted molar refractivity (Wildman–Crippen MR) is 131 cm³/mol. The van der Waals surface area contributed by atoms with Gasteiger partial charge < -0.3 is 9.57 Å². The molecule has 0 amide bonds. The van der Waals surface area contributed by atoms with Gasteiger partial charge in [0.15, 0.2) is 5.71 Å². The Labute approximate surface area is 184 Å². The van der Waals surface area contributed by atoms with Gasteiger partial charge in [0.1, 0.15) is 7.11 Å². The number of rotatable bonds is 5. The summed E-state index contributed by atoms with van der Waals surface area (Å²) >= 11 is 0. The molecular formula is C26H41NO3. The van der Waals surface area contributed by atoms with E-state index in [0.29, 0.717) is 6.42 Å². The molecular weight excluding hydrogens is 374 g/mol. The summed E-state index contributed by atoms with van der Waals surface area (Å²) in [5, 5.41) is 3.91. The zero-order chi connectivity index (χ0) is 23.5. The molecule has 2 rings (SSSR count). The second kappa shape index (κ2) is 18.4. The van der Waals surface area contributed by atoms with Crippen LogP contribution < -0.4 is 0 Å². The molecule has 0 bridgehead atoms. The fraction of sp³-hybridized carbons (Fsp3) is 0.462. The van der Waals surface area contributed by atoms with E-state index in [1.807, 2.05) is 78.0 Å². The maximum Gasteiger partial charge on any atom is 0.360 e. The van der Waals surface area contributed by atoms with E-state index < -0.39 is 5.97 Å². The summed E-state index contributed by atoms with van der Waals surface area (Å²) in [6.45, 7) is 16.2. The lowest BCUT2D eigenvalue weighted by Crippen LogP contribution is -2.22. The Morgan fingerprint density at radius 1 is 0.867 bits per heavy atom. The van der Waals surface area contributed by atoms with Crippen LogP contribution in [0.2, 0.25) is 0 Å². The zero-order valence-corrected chi connectivity index (χ0v) is 20.6. The van der Waals surface area contributed by atoms with Gasteiger partial charge in [0.25, 0.3) is 0 Å². The number of hydrogen-bond acceptors (Lipinski definition) is 4. The van der Waals surface area contributed by atoms with Crippen LogP contribution in [0.25, 0.3) is 6.08 Å². The number of ether oxygens (including phenoxy) is 1. The molecule has 0 unspecified atom stereocenters. The van der Waals surface area contributed by atoms with E-state index in [1.165, 1.54) is 25.4 Å². The van der Waals surface area contributed by atoms with Gasteiger partial charge in [-0.15, -0.1) is 0 Å². The minimum absolute atomic E-state index is 0.236. The highest BCUT2D eigenvalue weighted by atomic mass is 16.6. The average Bonchev–Trinajstić information content (AvgIpc) is 2.82. The SMILES string of the molecule is CC.CC.CC.CO/N=C(/C(=O)OC)C1=C(/C=C\c2ccccc2)CC(C)=C(C)C1. The summed E-state index contributed by atoms with van der Waals surface area (Å²) in [7, 11) is 2.78. The van der Waals surface area contributed by atoms with E-state index in [0.717, 1.165) is 23.1 Å². The molecule has 1 aromatic rings. The number of benzene rings is 1. The molecule has 168 valence electrons. The molecule has 0 aliphatic heterocycles.